The molecule has 0 heterocycles. The summed E-state index contributed by atoms with van der Waals surface area (Å²) in [4.78, 5) is 0. The molecule has 0 aliphatic heterocycles. The van der Waals surface area contributed by atoms with Crippen LogP contribution in [0.3, 0.4) is 0 Å². The van der Waals surface area contributed by atoms with Gasteiger partial charge in [0, 0.05) is 5.56 Å². The van der Waals surface area contributed by atoms with Crippen molar-refractivity contribution in [3.8, 4) is 0 Å². The van der Waals surface area contributed by atoms with Crippen LogP contribution in [0.4, 0.5) is 4.39 Å². The van der Waals surface area contributed by atoms with Crippen LogP contribution in [0.2, 0.25) is 0 Å². The number of benzene rings is 1. The minimum atomic E-state index is -0.120. The van der Waals surface area contributed by atoms with Crippen LogP contribution < -0.4 is 0 Å². The maximum Gasteiger partial charge on any atom is 0.133 e. The summed E-state index contributed by atoms with van der Waals surface area (Å²) in [6, 6.07) is 5.39. The molecule has 1 rings (SSSR count). The van der Waals surface area contributed by atoms with E-state index in [1.807, 2.05) is 19.1 Å². The van der Waals surface area contributed by atoms with Gasteiger partial charge >= 0.3 is 0 Å². The molecule has 0 aliphatic carbocycles. The van der Waals surface area contributed by atoms with Crippen molar-refractivity contribution < 1.29 is 4.39 Å². The zero-order valence-electron chi connectivity index (χ0n) is 6.76. The SMILES string of the molecule is C/C=C/c1cccc(C)c1F. The molecule has 11 heavy (non-hydrogen) atoms. The number of aryl methyl sites for hydroxylation is 1. The Kier molecular flexibility index (Phi) is 2.42. The lowest BCUT2D eigenvalue weighted by Gasteiger charge is -1.98. The van der Waals surface area contributed by atoms with E-state index in [1.54, 1.807) is 25.1 Å². The monoisotopic (exact) mass is 150 g/mol. The van der Waals surface area contributed by atoms with Crippen LogP contribution in [-0.2, 0) is 0 Å². The van der Waals surface area contributed by atoms with E-state index in [1.165, 1.54) is 0 Å². The number of allylic oxidation sites excluding steroid dienone is 1. The molecule has 1 aromatic carbocycles. The van der Waals surface area contributed by atoms with Crippen molar-refractivity contribution in [3.05, 3.63) is 41.2 Å². The van der Waals surface area contributed by atoms with Gasteiger partial charge in [-0.25, -0.2) is 4.39 Å². The van der Waals surface area contributed by atoms with Crippen LogP contribution in [0.15, 0.2) is 24.3 Å². The van der Waals surface area contributed by atoms with Crippen LogP contribution in [0, 0.1) is 12.7 Å². The Labute approximate surface area is 66.4 Å². The predicted molar refractivity (Wildman–Crippen MR) is 45.8 cm³/mol. The third kappa shape index (κ3) is 1.67. The summed E-state index contributed by atoms with van der Waals surface area (Å²) in [5.41, 5.74) is 1.35. The molecule has 0 saturated carbocycles. The van der Waals surface area contributed by atoms with Crippen molar-refractivity contribution in [1.29, 1.82) is 0 Å². The highest BCUT2D eigenvalue weighted by Crippen LogP contribution is 2.12. The first-order valence-corrected chi connectivity index (χ1v) is 3.63. The summed E-state index contributed by atoms with van der Waals surface area (Å²) in [6.45, 7) is 3.64. The zero-order valence-corrected chi connectivity index (χ0v) is 6.76. The molecule has 0 atom stereocenters. The van der Waals surface area contributed by atoms with Crippen molar-refractivity contribution in [2.45, 2.75) is 13.8 Å². The Morgan fingerprint density at radius 1 is 1.36 bits per heavy atom. The van der Waals surface area contributed by atoms with Crippen LogP contribution >= 0.6 is 0 Å². The minimum absolute atomic E-state index is 0.120. The Morgan fingerprint density at radius 3 is 2.73 bits per heavy atom. The third-order valence-corrected chi connectivity index (χ3v) is 1.57. The van der Waals surface area contributed by atoms with Gasteiger partial charge in [-0.05, 0) is 19.4 Å². The lowest BCUT2D eigenvalue weighted by atomic mass is 10.1. The molecule has 0 unspecified atom stereocenters. The van der Waals surface area contributed by atoms with E-state index in [4.69, 9.17) is 0 Å². The average Bonchev–Trinajstić information content (AvgIpc) is 1.99. The van der Waals surface area contributed by atoms with Gasteiger partial charge in [-0.2, -0.15) is 0 Å². The molecule has 0 amide bonds. The van der Waals surface area contributed by atoms with Crippen molar-refractivity contribution in [2.75, 3.05) is 0 Å². The fourth-order valence-corrected chi connectivity index (χ4v) is 0.978. The van der Waals surface area contributed by atoms with E-state index in [0.717, 1.165) is 0 Å². The van der Waals surface area contributed by atoms with E-state index in [-0.39, 0.29) is 5.82 Å². The van der Waals surface area contributed by atoms with E-state index in [2.05, 4.69) is 0 Å². The van der Waals surface area contributed by atoms with Gasteiger partial charge in [-0.3, -0.25) is 0 Å². The van der Waals surface area contributed by atoms with Crippen molar-refractivity contribution in [2.24, 2.45) is 0 Å². The molecule has 1 aromatic rings. The highest BCUT2D eigenvalue weighted by atomic mass is 19.1. The third-order valence-electron chi connectivity index (χ3n) is 1.57. The zero-order chi connectivity index (χ0) is 8.27. The largest absolute Gasteiger partial charge is 0.206 e. The van der Waals surface area contributed by atoms with Gasteiger partial charge in [0.15, 0.2) is 0 Å². The van der Waals surface area contributed by atoms with Gasteiger partial charge in [0.25, 0.3) is 0 Å². The van der Waals surface area contributed by atoms with E-state index < -0.39 is 0 Å². The highest BCUT2D eigenvalue weighted by molar-refractivity contribution is 5.50. The highest BCUT2D eigenvalue weighted by Gasteiger charge is 1.99. The van der Waals surface area contributed by atoms with Crippen LogP contribution in [0.25, 0.3) is 6.08 Å². The van der Waals surface area contributed by atoms with E-state index in [9.17, 15) is 4.39 Å². The van der Waals surface area contributed by atoms with Gasteiger partial charge in [0.05, 0.1) is 0 Å². The Hall–Kier alpha value is -1.11. The Morgan fingerprint density at radius 2 is 2.09 bits per heavy atom. The molecule has 1 heteroatoms. The van der Waals surface area contributed by atoms with E-state index in [0.29, 0.717) is 11.1 Å². The molecule has 0 saturated heterocycles. The summed E-state index contributed by atoms with van der Waals surface area (Å²) >= 11 is 0. The first-order chi connectivity index (χ1) is 5.25. The summed E-state index contributed by atoms with van der Waals surface area (Å²) in [5, 5.41) is 0. The molecule has 0 N–H and O–H groups in total. The van der Waals surface area contributed by atoms with Crippen molar-refractivity contribution in [1.82, 2.24) is 0 Å². The lowest BCUT2D eigenvalue weighted by molar-refractivity contribution is 0.616. The van der Waals surface area contributed by atoms with Gasteiger partial charge in [-0.1, -0.05) is 30.4 Å². The minimum Gasteiger partial charge on any atom is -0.206 e. The first-order valence-electron chi connectivity index (χ1n) is 3.63. The van der Waals surface area contributed by atoms with Gasteiger partial charge in [-0.15, -0.1) is 0 Å². The fraction of sp³-hybridized carbons (Fsp3) is 0.200. The molecular weight excluding hydrogens is 139 g/mol. The Bertz CT molecular complexity index is 274. The second-order valence-corrected chi connectivity index (χ2v) is 2.48. The summed E-state index contributed by atoms with van der Waals surface area (Å²) in [7, 11) is 0. The molecule has 0 aliphatic rings. The number of hydrogen-bond acceptors (Lipinski definition) is 0. The van der Waals surface area contributed by atoms with E-state index >= 15 is 0 Å². The maximum absolute atomic E-state index is 13.1. The maximum atomic E-state index is 13.1. The van der Waals surface area contributed by atoms with Crippen LogP contribution in [0.5, 0.6) is 0 Å². The predicted octanol–water partition coefficient (Wildman–Crippen LogP) is 3.17. The quantitative estimate of drug-likeness (QED) is 0.576. The lowest BCUT2D eigenvalue weighted by Crippen LogP contribution is -1.85. The normalized spacial score (nSPS) is 10.8. The molecule has 58 valence electrons. The summed E-state index contributed by atoms with van der Waals surface area (Å²) in [6.07, 6.45) is 3.60. The van der Waals surface area contributed by atoms with Gasteiger partial charge in [0.1, 0.15) is 5.82 Å². The molecular formula is C10H11F. The van der Waals surface area contributed by atoms with Crippen molar-refractivity contribution >= 4 is 6.08 Å². The fourth-order valence-electron chi connectivity index (χ4n) is 0.978. The molecule has 0 bridgehead atoms. The van der Waals surface area contributed by atoms with Crippen molar-refractivity contribution in [3.63, 3.8) is 0 Å². The second-order valence-electron chi connectivity index (χ2n) is 2.48. The standard InChI is InChI=1S/C10H11F/c1-3-5-9-7-4-6-8(2)10(9)11/h3-7H,1-2H3/b5-3+. The van der Waals surface area contributed by atoms with Gasteiger partial charge < -0.3 is 0 Å². The molecule has 0 spiro atoms. The van der Waals surface area contributed by atoms with Gasteiger partial charge in [0.2, 0.25) is 0 Å². The van der Waals surface area contributed by atoms with Crippen LogP contribution in [0.1, 0.15) is 18.1 Å². The number of halogens is 1. The topological polar surface area (TPSA) is 0 Å². The smallest absolute Gasteiger partial charge is 0.133 e. The molecule has 0 radical (unpaired) electrons. The molecule has 0 aromatic heterocycles. The Balaban J connectivity index is 3.16. The summed E-state index contributed by atoms with van der Waals surface area (Å²) in [5.74, 6) is -0.120. The molecule has 0 fully saturated rings. The average molecular weight is 150 g/mol. The number of rotatable bonds is 1. The summed E-state index contributed by atoms with van der Waals surface area (Å²) < 4.78 is 13.1. The first kappa shape index (κ1) is 7.99. The van der Waals surface area contributed by atoms with Crippen LogP contribution in [-0.4, -0.2) is 0 Å². The second kappa shape index (κ2) is 3.33. The number of hydrogen-bond donors (Lipinski definition) is 0. The molecule has 0 nitrogen and oxygen atoms in total.